The van der Waals surface area contributed by atoms with Gasteiger partial charge in [0.15, 0.2) is 0 Å². The Labute approximate surface area is 165 Å². The molecule has 1 atom stereocenters. The third-order valence-electron chi connectivity index (χ3n) is 4.84. The van der Waals surface area contributed by atoms with E-state index in [4.69, 9.17) is 10.00 Å². The molecule has 10 heteroatoms. The number of methoxy groups -OCH3 is 1. The first-order valence-electron chi connectivity index (χ1n) is 8.56. The number of amides is 1. The highest BCUT2D eigenvalue weighted by atomic mass is 35.5. The number of nitrogens with one attached hydrogen (secondary N) is 1. The molecule has 1 aromatic rings. The van der Waals surface area contributed by atoms with Gasteiger partial charge in [0.2, 0.25) is 15.9 Å². The smallest absolute Gasteiger partial charge is 0.246 e. The maximum atomic E-state index is 13.1. The van der Waals surface area contributed by atoms with Gasteiger partial charge in [-0.25, -0.2) is 8.42 Å². The van der Waals surface area contributed by atoms with Crippen LogP contribution >= 0.6 is 12.4 Å². The molecule has 0 saturated carbocycles. The average Bonchev–Trinajstić information content (AvgIpc) is 2.67. The molecule has 2 heterocycles. The third-order valence-corrected chi connectivity index (χ3v) is 6.74. The fourth-order valence-corrected chi connectivity index (χ4v) is 5.14. The number of nitriles is 1. The topological polar surface area (TPSA) is 103 Å². The van der Waals surface area contributed by atoms with Crippen LogP contribution in [0.4, 0.5) is 0 Å². The summed E-state index contributed by atoms with van der Waals surface area (Å²) in [6.45, 7) is 2.29. The Bertz CT molecular complexity index is 840. The van der Waals surface area contributed by atoms with Gasteiger partial charge in [0, 0.05) is 32.2 Å². The van der Waals surface area contributed by atoms with Crippen molar-refractivity contribution < 1.29 is 17.9 Å². The number of sulfonamides is 1. The van der Waals surface area contributed by atoms with Gasteiger partial charge < -0.3 is 15.0 Å². The molecule has 0 radical (unpaired) electrons. The summed E-state index contributed by atoms with van der Waals surface area (Å²) in [7, 11) is -2.39. The maximum absolute atomic E-state index is 13.1. The molecule has 1 unspecified atom stereocenters. The van der Waals surface area contributed by atoms with Crippen LogP contribution in [-0.4, -0.2) is 69.4 Å². The predicted octanol–water partition coefficient (Wildman–Crippen LogP) is 0.574. The van der Waals surface area contributed by atoms with Crippen LogP contribution in [0.1, 0.15) is 18.4 Å². The summed E-state index contributed by atoms with van der Waals surface area (Å²) in [5, 5.41) is 12.0. The Morgan fingerprint density at radius 3 is 2.78 bits per heavy atom. The summed E-state index contributed by atoms with van der Waals surface area (Å²) in [6, 6.07) is 6.17. The summed E-state index contributed by atoms with van der Waals surface area (Å²) >= 11 is 0. The lowest BCUT2D eigenvalue weighted by Crippen LogP contribution is -2.57. The molecule has 148 valence electrons. The van der Waals surface area contributed by atoms with Gasteiger partial charge in [0.05, 0.1) is 25.3 Å². The van der Waals surface area contributed by atoms with Crippen molar-refractivity contribution in [2.45, 2.75) is 23.8 Å². The number of benzene rings is 1. The minimum absolute atomic E-state index is 0. The molecule has 1 amide bonds. The largest absolute Gasteiger partial charge is 0.495 e. The number of piperidine rings is 1. The van der Waals surface area contributed by atoms with Crippen LogP contribution in [-0.2, 0) is 14.8 Å². The van der Waals surface area contributed by atoms with Gasteiger partial charge in [-0.2, -0.15) is 9.57 Å². The Balaban J connectivity index is 0.00000261. The maximum Gasteiger partial charge on any atom is 0.246 e. The number of piperazine rings is 1. The molecule has 0 aliphatic carbocycles. The second-order valence-electron chi connectivity index (χ2n) is 6.40. The van der Waals surface area contributed by atoms with Gasteiger partial charge in [-0.15, -0.1) is 12.4 Å². The van der Waals surface area contributed by atoms with Crippen molar-refractivity contribution in [3.63, 3.8) is 0 Å². The van der Waals surface area contributed by atoms with Crippen LogP contribution in [0.5, 0.6) is 5.75 Å². The Hall–Kier alpha value is -1.86. The molecule has 0 spiro atoms. The summed E-state index contributed by atoms with van der Waals surface area (Å²) in [5.74, 6) is 0.167. The number of nitrogens with zero attached hydrogens (tertiary/aromatic N) is 3. The molecule has 0 bridgehead atoms. The van der Waals surface area contributed by atoms with Crippen LogP contribution in [0.2, 0.25) is 0 Å². The van der Waals surface area contributed by atoms with E-state index in [1.165, 1.54) is 29.6 Å². The molecular weight excluding hydrogens is 392 g/mol. The molecule has 3 rings (SSSR count). The van der Waals surface area contributed by atoms with Gasteiger partial charge in [0.25, 0.3) is 0 Å². The molecule has 2 saturated heterocycles. The van der Waals surface area contributed by atoms with E-state index in [2.05, 4.69) is 5.32 Å². The van der Waals surface area contributed by atoms with Crippen LogP contribution in [0.3, 0.4) is 0 Å². The van der Waals surface area contributed by atoms with Crippen LogP contribution in [0.15, 0.2) is 23.1 Å². The van der Waals surface area contributed by atoms with Gasteiger partial charge in [-0.05, 0) is 31.0 Å². The number of carbonyl (C=O) groups is 1. The first-order valence-corrected chi connectivity index (χ1v) is 10.00. The zero-order chi connectivity index (χ0) is 18.7. The van der Waals surface area contributed by atoms with Crippen molar-refractivity contribution in [2.75, 3.05) is 39.8 Å². The van der Waals surface area contributed by atoms with Crippen molar-refractivity contribution in [3.05, 3.63) is 23.8 Å². The lowest BCUT2D eigenvalue weighted by molar-refractivity contribution is -0.135. The third kappa shape index (κ3) is 4.35. The van der Waals surface area contributed by atoms with Crippen molar-refractivity contribution >= 4 is 28.3 Å². The second-order valence-corrected chi connectivity index (χ2v) is 8.31. The molecule has 2 aliphatic rings. The number of hydrogen-bond acceptors (Lipinski definition) is 6. The highest BCUT2D eigenvalue weighted by Crippen LogP contribution is 2.30. The summed E-state index contributed by atoms with van der Waals surface area (Å²) in [5.41, 5.74) is 0.337. The monoisotopic (exact) mass is 414 g/mol. The molecule has 1 aromatic carbocycles. The lowest BCUT2D eigenvalue weighted by atomic mass is 10.1. The van der Waals surface area contributed by atoms with Crippen molar-refractivity contribution in [2.24, 2.45) is 0 Å². The van der Waals surface area contributed by atoms with Crippen molar-refractivity contribution in [3.8, 4) is 11.8 Å². The summed E-state index contributed by atoms with van der Waals surface area (Å²) in [6.07, 6.45) is 1.49. The molecule has 27 heavy (non-hydrogen) atoms. The number of halogens is 1. The van der Waals surface area contributed by atoms with E-state index in [1.54, 1.807) is 4.90 Å². The fourth-order valence-electron chi connectivity index (χ4n) is 3.49. The predicted molar refractivity (Wildman–Crippen MR) is 101 cm³/mol. The molecule has 1 N–H and O–H groups in total. The van der Waals surface area contributed by atoms with Crippen molar-refractivity contribution in [1.29, 1.82) is 5.26 Å². The van der Waals surface area contributed by atoms with Crippen LogP contribution in [0.25, 0.3) is 0 Å². The van der Waals surface area contributed by atoms with Gasteiger partial charge in [-0.1, -0.05) is 0 Å². The minimum Gasteiger partial charge on any atom is -0.495 e. The Morgan fingerprint density at radius 1 is 1.33 bits per heavy atom. The highest BCUT2D eigenvalue weighted by Gasteiger charge is 2.36. The van der Waals surface area contributed by atoms with Crippen LogP contribution in [0, 0.1) is 11.3 Å². The van der Waals surface area contributed by atoms with E-state index < -0.39 is 10.0 Å². The summed E-state index contributed by atoms with van der Waals surface area (Å²) < 4.78 is 32.9. The number of carbonyl (C=O) groups excluding carboxylic acids is 1. The second kappa shape index (κ2) is 8.89. The van der Waals surface area contributed by atoms with Crippen molar-refractivity contribution in [1.82, 2.24) is 14.5 Å². The zero-order valence-corrected chi connectivity index (χ0v) is 16.7. The van der Waals surface area contributed by atoms with Crippen LogP contribution < -0.4 is 10.1 Å². The van der Waals surface area contributed by atoms with E-state index in [9.17, 15) is 13.2 Å². The Morgan fingerprint density at radius 2 is 2.11 bits per heavy atom. The average molecular weight is 415 g/mol. The van der Waals surface area contributed by atoms with E-state index in [0.29, 0.717) is 31.6 Å². The number of rotatable bonds is 4. The molecule has 2 aliphatic heterocycles. The number of hydrogen-bond donors (Lipinski definition) is 1. The van der Waals surface area contributed by atoms with E-state index >= 15 is 0 Å². The van der Waals surface area contributed by atoms with Gasteiger partial charge in [-0.3, -0.25) is 4.79 Å². The highest BCUT2D eigenvalue weighted by molar-refractivity contribution is 7.89. The normalized spacial score (nSPS) is 21.3. The molecular formula is C17H23ClN4O4S. The molecule has 2 fully saturated rings. The first kappa shape index (κ1) is 21.4. The quantitative estimate of drug-likeness (QED) is 0.772. The first-order chi connectivity index (χ1) is 12.5. The van der Waals surface area contributed by atoms with E-state index in [1.807, 2.05) is 6.07 Å². The summed E-state index contributed by atoms with van der Waals surface area (Å²) in [4.78, 5) is 14.0. The number of ether oxygens (including phenoxy) is 1. The fraction of sp³-hybridized carbons (Fsp3) is 0.529. The minimum atomic E-state index is -3.77. The standard InChI is InChI=1S/C17H22N4O4S.ClH/c1-25-15-9-13(10-18)4-5-16(15)26(23,24)20-7-2-3-14(12-20)21-8-6-19-11-17(21)22;/h4-5,9,14,19H,2-3,6-8,11-12H2,1H3;1H. The van der Waals surface area contributed by atoms with E-state index in [-0.39, 0.29) is 41.5 Å². The lowest BCUT2D eigenvalue weighted by Gasteiger charge is -2.40. The Kier molecular flexibility index (Phi) is 7.06. The molecule has 0 aromatic heterocycles. The van der Waals surface area contributed by atoms with Gasteiger partial charge >= 0.3 is 0 Å². The zero-order valence-electron chi connectivity index (χ0n) is 15.1. The SMILES string of the molecule is COc1cc(C#N)ccc1S(=O)(=O)N1CCCC(N2CCNCC2=O)C1.Cl. The van der Waals surface area contributed by atoms with E-state index in [0.717, 1.165) is 13.0 Å². The molecule has 8 nitrogen and oxygen atoms in total. The van der Waals surface area contributed by atoms with Gasteiger partial charge in [0.1, 0.15) is 10.6 Å².